The van der Waals surface area contributed by atoms with Crippen LogP contribution in [0.3, 0.4) is 0 Å². The molecule has 0 unspecified atom stereocenters. The van der Waals surface area contributed by atoms with Gasteiger partial charge in [0, 0.05) is 12.8 Å². The predicted octanol–water partition coefficient (Wildman–Crippen LogP) is 2.92. The van der Waals surface area contributed by atoms with E-state index in [-0.39, 0.29) is 25.7 Å². The summed E-state index contributed by atoms with van der Waals surface area (Å²) >= 11 is 0. The van der Waals surface area contributed by atoms with Gasteiger partial charge in [-0.3, -0.25) is 0 Å². The van der Waals surface area contributed by atoms with Crippen molar-refractivity contribution in [2.45, 2.75) is 44.2 Å². The topological polar surface area (TPSA) is 0 Å². The first kappa shape index (κ1) is 7.89. The van der Waals surface area contributed by atoms with Gasteiger partial charge in [0.2, 0.25) is 5.92 Å². The minimum atomic E-state index is -2.61. The van der Waals surface area contributed by atoms with E-state index in [9.17, 15) is 13.2 Å². The van der Waals surface area contributed by atoms with Crippen LogP contribution >= 0.6 is 0 Å². The first-order valence-electron chi connectivity index (χ1n) is 3.48. The van der Waals surface area contributed by atoms with Crippen molar-refractivity contribution in [3.8, 4) is 0 Å². The van der Waals surface area contributed by atoms with Gasteiger partial charge in [-0.1, -0.05) is 0 Å². The maximum Gasteiger partial charge on any atom is 0.248 e. The molecule has 0 aromatic heterocycles. The lowest BCUT2D eigenvalue weighted by Crippen LogP contribution is -2.32. The minimum Gasteiger partial charge on any atom is -0.244 e. The standard InChI is InChI=1S/C7H11F3/c1-6(8)2-4-7(9,10)5-3-6/h2-5H2,1H3. The molecule has 0 radical (unpaired) electrons. The van der Waals surface area contributed by atoms with Gasteiger partial charge >= 0.3 is 0 Å². The highest BCUT2D eigenvalue weighted by molar-refractivity contribution is 4.85. The van der Waals surface area contributed by atoms with E-state index in [2.05, 4.69) is 0 Å². The monoisotopic (exact) mass is 152 g/mol. The number of rotatable bonds is 0. The molecule has 0 spiro atoms. The van der Waals surface area contributed by atoms with E-state index in [0.29, 0.717) is 0 Å². The van der Waals surface area contributed by atoms with E-state index in [1.165, 1.54) is 6.92 Å². The molecule has 1 aliphatic carbocycles. The Morgan fingerprint density at radius 2 is 1.30 bits per heavy atom. The van der Waals surface area contributed by atoms with Crippen molar-refractivity contribution in [2.75, 3.05) is 0 Å². The van der Waals surface area contributed by atoms with Gasteiger partial charge in [-0.2, -0.15) is 0 Å². The molecule has 1 rings (SSSR count). The summed E-state index contributed by atoms with van der Waals surface area (Å²) in [6.45, 7) is 1.39. The third-order valence-corrected chi connectivity index (χ3v) is 2.02. The predicted molar refractivity (Wildman–Crippen MR) is 32.9 cm³/mol. The fourth-order valence-electron chi connectivity index (χ4n) is 1.14. The van der Waals surface area contributed by atoms with Gasteiger partial charge in [-0.15, -0.1) is 0 Å². The Kier molecular flexibility index (Phi) is 1.69. The Morgan fingerprint density at radius 1 is 0.900 bits per heavy atom. The highest BCUT2D eigenvalue weighted by Crippen LogP contribution is 2.39. The van der Waals surface area contributed by atoms with Crippen LogP contribution in [-0.4, -0.2) is 11.6 Å². The lowest BCUT2D eigenvalue weighted by Gasteiger charge is -2.30. The Labute approximate surface area is 58.4 Å². The SMILES string of the molecule is CC1(F)CCC(F)(F)CC1. The number of hydrogen-bond donors (Lipinski definition) is 0. The average Bonchev–Trinajstić information content (AvgIpc) is 1.79. The summed E-state index contributed by atoms with van der Waals surface area (Å²) in [4.78, 5) is 0. The third kappa shape index (κ3) is 1.89. The molecule has 0 bridgehead atoms. The minimum absolute atomic E-state index is 0. The lowest BCUT2D eigenvalue weighted by atomic mass is 9.86. The first-order chi connectivity index (χ1) is 4.41. The number of alkyl halides is 3. The van der Waals surface area contributed by atoms with Crippen molar-refractivity contribution in [3.63, 3.8) is 0 Å². The second kappa shape index (κ2) is 2.14. The van der Waals surface area contributed by atoms with Crippen LogP contribution in [0, 0.1) is 0 Å². The lowest BCUT2D eigenvalue weighted by molar-refractivity contribution is -0.0707. The van der Waals surface area contributed by atoms with Crippen molar-refractivity contribution in [3.05, 3.63) is 0 Å². The van der Waals surface area contributed by atoms with E-state index in [1.807, 2.05) is 0 Å². The van der Waals surface area contributed by atoms with E-state index in [1.54, 1.807) is 0 Å². The summed E-state index contributed by atoms with van der Waals surface area (Å²) in [5, 5.41) is 0. The van der Waals surface area contributed by atoms with Gasteiger partial charge in [0.25, 0.3) is 0 Å². The molecular formula is C7H11F3. The van der Waals surface area contributed by atoms with Crippen LogP contribution in [0.5, 0.6) is 0 Å². The Balaban J connectivity index is 2.46. The summed E-state index contributed by atoms with van der Waals surface area (Å²) < 4.78 is 37.6. The molecule has 0 amide bonds. The number of hydrogen-bond acceptors (Lipinski definition) is 0. The smallest absolute Gasteiger partial charge is 0.244 e. The van der Waals surface area contributed by atoms with Crippen LogP contribution in [0.1, 0.15) is 32.6 Å². The quantitative estimate of drug-likeness (QED) is 0.500. The van der Waals surface area contributed by atoms with Crippen LogP contribution in [0.25, 0.3) is 0 Å². The van der Waals surface area contributed by atoms with Gasteiger partial charge in [0.1, 0.15) is 5.67 Å². The Hall–Kier alpha value is -0.210. The molecular weight excluding hydrogens is 141 g/mol. The molecule has 60 valence electrons. The fourth-order valence-corrected chi connectivity index (χ4v) is 1.14. The van der Waals surface area contributed by atoms with Crippen LogP contribution < -0.4 is 0 Å². The van der Waals surface area contributed by atoms with Crippen LogP contribution in [-0.2, 0) is 0 Å². The van der Waals surface area contributed by atoms with Crippen molar-refractivity contribution < 1.29 is 13.2 Å². The summed E-state index contributed by atoms with van der Waals surface area (Å²) in [5.74, 6) is -2.61. The highest BCUT2D eigenvalue weighted by atomic mass is 19.3. The molecule has 0 saturated heterocycles. The van der Waals surface area contributed by atoms with Gasteiger partial charge < -0.3 is 0 Å². The Morgan fingerprint density at radius 3 is 1.60 bits per heavy atom. The van der Waals surface area contributed by atoms with Crippen molar-refractivity contribution >= 4 is 0 Å². The van der Waals surface area contributed by atoms with Gasteiger partial charge in [-0.05, 0) is 19.8 Å². The molecule has 0 atom stereocenters. The van der Waals surface area contributed by atoms with Gasteiger partial charge in [0.15, 0.2) is 0 Å². The van der Waals surface area contributed by atoms with Crippen LogP contribution in [0.4, 0.5) is 13.2 Å². The van der Waals surface area contributed by atoms with E-state index < -0.39 is 11.6 Å². The van der Waals surface area contributed by atoms with Crippen molar-refractivity contribution in [1.29, 1.82) is 0 Å². The zero-order valence-corrected chi connectivity index (χ0v) is 5.96. The fraction of sp³-hybridized carbons (Fsp3) is 1.00. The van der Waals surface area contributed by atoms with E-state index in [0.717, 1.165) is 0 Å². The second-order valence-corrected chi connectivity index (χ2v) is 3.27. The zero-order valence-electron chi connectivity index (χ0n) is 5.96. The Bertz CT molecular complexity index is 101. The molecule has 1 fully saturated rings. The van der Waals surface area contributed by atoms with Gasteiger partial charge in [-0.25, -0.2) is 13.2 Å². The van der Waals surface area contributed by atoms with Gasteiger partial charge in [0.05, 0.1) is 0 Å². The molecule has 10 heavy (non-hydrogen) atoms. The molecule has 1 aliphatic rings. The van der Waals surface area contributed by atoms with Crippen molar-refractivity contribution in [1.82, 2.24) is 0 Å². The average molecular weight is 152 g/mol. The summed E-state index contributed by atoms with van der Waals surface area (Å²) in [6.07, 6.45) is -0.583. The molecule has 3 heteroatoms. The second-order valence-electron chi connectivity index (χ2n) is 3.27. The summed E-state index contributed by atoms with van der Waals surface area (Å²) in [5.41, 5.74) is -1.35. The van der Waals surface area contributed by atoms with Crippen LogP contribution in [0.2, 0.25) is 0 Å². The van der Waals surface area contributed by atoms with E-state index in [4.69, 9.17) is 0 Å². The first-order valence-corrected chi connectivity index (χ1v) is 3.48. The molecule has 0 nitrogen and oxygen atoms in total. The highest BCUT2D eigenvalue weighted by Gasteiger charge is 2.40. The zero-order chi connectivity index (χ0) is 7.83. The van der Waals surface area contributed by atoms with E-state index >= 15 is 0 Å². The maximum absolute atomic E-state index is 12.9. The largest absolute Gasteiger partial charge is 0.248 e. The maximum atomic E-state index is 12.9. The summed E-state index contributed by atoms with van der Waals surface area (Å²) in [7, 11) is 0. The normalized spacial score (nSPS) is 30.0. The molecule has 0 aromatic carbocycles. The molecule has 0 aromatic rings. The molecule has 0 N–H and O–H groups in total. The summed E-state index contributed by atoms with van der Waals surface area (Å²) in [6, 6.07) is 0. The molecule has 0 heterocycles. The molecule has 0 aliphatic heterocycles. The van der Waals surface area contributed by atoms with Crippen molar-refractivity contribution in [2.24, 2.45) is 0 Å². The number of halogens is 3. The molecule has 1 saturated carbocycles. The third-order valence-electron chi connectivity index (χ3n) is 2.02. The van der Waals surface area contributed by atoms with Crippen LogP contribution in [0.15, 0.2) is 0 Å².